The van der Waals surface area contributed by atoms with Gasteiger partial charge in [-0.2, -0.15) is 0 Å². The highest BCUT2D eigenvalue weighted by atomic mass is 16.2. The van der Waals surface area contributed by atoms with Crippen LogP contribution in [0.5, 0.6) is 0 Å². The number of anilines is 1. The largest absolute Gasteiger partial charge is 0.357 e. The van der Waals surface area contributed by atoms with E-state index in [0.717, 1.165) is 44.7 Å². The predicted octanol–water partition coefficient (Wildman–Crippen LogP) is 3.36. The number of hydrogen-bond donors (Lipinski definition) is 1. The van der Waals surface area contributed by atoms with E-state index in [1.165, 1.54) is 22.2 Å². The average Bonchev–Trinajstić information content (AvgIpc) is 3.12. The van der Waals surface area contributed by atoms with E-state index in [1.54, 1.807) is 0 Å². The predicted molar refractivity (Wildman–Crippen MR) is 107 cm³/mol. The second kappa shape index (κ2) is 6.72. The number of nitrogens with zero attached hydrogens (tertiary/aromatic N) is 3. The fourth-order valence-electron chi connectivity index (χ4n) is 4.57. The van der Waals surface area contributed by atoms with E-state index < -0.39 is 0 Å². The number of aromatic nitrogens is 2. The first kappa shape index (κ1) is 16.4. The molecule has 5 nitrogen and oxygen atoms in total. The maximum atomic E-state index is 13.2. The molecule has 0 saturated carbocycles. The lowest BCUT2D eigenvalue weighted by molar-refractivity contribution is -0.136. The molecule has 1 atom stereocenters. The number of carbonyl (C=O) groups excluding carboxylic acids is 1. The summed E-state index contributed by atoms with van der Waals surface area (Å²) in [6.07, 6.45) is 4.77. The summed E-state index contributed by atoms with van der Waals surface area (Å²) in [5, 5.41) is 1.30. The molecule has 0 aliphatic carbocycles. The van der Waals surface area contributed by atoms with Crippen LogP contribution in [0.4, 0.5) is 5.82 Å². The van der Waals surface area contributed by atoms with E-state index in [0.29, 0.717) is 12.5 Å². The van der Waals surface area contributed by atoms with E-state index in [1.807, 2.05) is 29.3 Å². The van der Waals surface area contributed by atoms with Crippen LogP contribution < -0.4 is 4.90 Å². The minimum absolute atomic E-state index is 0.0617. The highest BCUT2D eigenvalue weighted by Gasteiger charge is 2.32. The maximum absolute atomic E-state index is 13.2. The fraction of sp³-hybridized carbons (Fsp3) is 0.364. The molecule has 5 rings (SSSR count). The third-order valence-electron chi connectivity index (χ3n) is 5.94. The number of hydrogen-bond acceptors (Lipinski definition) is 3. The summed E-state index contributed by atoms with van der Waals surface area (Å²) in [5.74, 6) is 1.33. The topological polar surface area (TPSA) is 52.2 Å². The number of pyridine rings is 1. The van der Waals surface area contributed by atoms with Gasteiger partial charge in [-0.1, -0.05) is 24.3 Å². The number of carbonyl (C=O) groups is 1. The molecule has 2 aromatic heterocycles. The third-order valence-corrected chi connectivity index (χ3v) is 5.94. The van der Waals surface area contributed by atoms with Crippen molar-refractivity contribution in [2.75, 3.05) is 24.5 Å². The Hall–Kier alpha value is -2.82. The zero-order valence-corrected chi connectivity index (χ0v) is 15.4. The van der Waals surface area contributed by atoms with Crippen LogP contribution in [0.3, 0.4) is 0 Å². The van der Waals surface area contributed by atoms with E-state index in [-0.39, 0.29) is 5.92 Å². The van der Waals surface area contributed by atoms with Crippen molar-refractivity contribution in [1.82, 2.24) is 14.9 Å². The standard InChI is InChI=1S/C22H24N4O/c27-22(16-6-5-12-25(14-16)21-9-3-4-11-23-21)26-13-10-18-17-7-1-2-8-19(17)24-20(18)15-26/h1-4,7-9,11,16,24H,5-6,10,12-15H2/t16-/m1/s1. The number of rotatable bonds is 2. The molecule has 3 aromatic rings. The van der Waals surface area contributed by atoms with Crippen LogP contribution in [0.25, 0.3) is 10.9 Å². The summed E-state index contributed by atoms with van der Waals surface area (Å²) < 4.78 is 0. The van der Waals surface area contributed by atoms with Gasteiger partial charge in [-0.3, -0.25) is 4.79 Å². The molecule has 1 N–H and O–H groups in total. The van der Waals surface area contributed by atoms with Crippen LogP contribution in [0.2, 0.25) is 0 Å². The molecule has 0 bridgehead atoms. The zero-order valence-electron chi connectivity index (χ0n) is 15.4. The molecule has 27 heavy (non-hydrogen) atoms. The SMILES string of the molecule is O=C([C@@H]1CCCN(c2ccccn2)C1)N1CCc2c([nH]c3ccccc23)C1. The Labute approximate surface area is 159 Å². The van der Waals surface area contributed by atoms with Gasteiger partial charge in [-0.15, -0.1) is 0 Å². The number of para-hydroxylation sites is 1. The number of nitrogens with one attached hydrogen (secondary N) is 1. The molecule has 4 heterocycles. The molecule has 1 saturated heterocycles. The van der Waals surface area contributed by atoms with Gasteiger partial charge in [-0.05, 0) is 43.0 Å². The molecule has 0 unspecified atom stereocenters. The van der Waals surface area contributed by atoms with Gasteiger partial charge in [0, 0.05) is 42.4 Å². The van der Waals surface area contributed by atoms with Gasteiger partial charge >= 0.3 is 0 Å². The first-order valence-corrected chi connectivity index (χ1v) is 9.83. The molecule has 1 fully saturated rings. The highest BCUT2D eigenvalue weighted by molar-refractivity contribution is 5.86. The zero-order chi connectivity index (χ0) is 18.2. The minimum atomic E-state index is 0.0617. The van der Waals surface area contributed by atoms with Crippen LogP contribution in [0, 0.1) is 5.92 Å². The minimum Gasteiger partial charge on any atom is -0.357 e. The number of aromatic amines is 1. The lowest BCUT2D eigenvalue weighted by Gasteiger charge is -2.36. The molecule has 1 aromatic carbocycles. The molecule has 0 radical (unpaired) electrons. The number of amides is 1. The summed E-state index contributed by atoms with van der Waals surface area (Å²) in [7, 11) is 0. The Morgan fingerprint density at radius 3 is 2.89 bits per heavy atom. The summed E-state index contributed by atoms with van der Waals surface area (Å²) in [6, 6.07) is 14.4. The Morgan fingerprint density at radius 2 is 2.00 bits per heavy atom. The second-order valence-electron chi connectivity index (χ2n) is 7.61. The summed E-state index contributed by atoms with van der Waals surface area (Å²) in [6.45, 7) is 3.26. The number of fused-ring (bicyclic) bond motifs is 3. The van der Waals surface area contributed by atoms with Crippen LogP contribution in [0.15, 0.2) is 48.7 Å². The summed E-state index contributed by atoms with van der Waals surface area (Å²) in [4.78, 5) is 25.5. The normalized spacial score (nSPS) is 19.9. The van der Waals surface area contributed by atoms with Gasteiger partial charge < -0.3 is 14.8 Å². The second-order valence-corrected chi connectivity index (χ2v) is 7.61. The molecular formula is C22H24N4O. The quantitative estimate of drug-likeness (QED) is 0.762. The molecule has 138 valence electrons. The monoisotopic (exact) mass is 360 g/mol. The smallest absolute Gasteiger partial charge is 0.227 e. The van der Waals surface area contributed by atoms with Crippen molar-refractivity contribution < 1.29 is 4.79 Å². The van der Waals surface area contributed by atoms with Crippen molar-refractivity contribution in [3.8, 4) is 0 Å². The van der Waals surface area contributed by atoms with Gasteiger partial charge in [0.25, 0.3) is 0 Å². The van der Waals surface area contributed by atoms with Crippen molar-refractivity contribution >= 4 is 22.6 Å². The number of benzene rings is 1. The molecule has 1 amide bonds. The average molecular weight is 360 g/mol. The van der Waals surface area contributed by atoms with E-state index >= 15 is 0 Å². The van der Waals surface area contributed by atoms with Gasteiger partial charge in [0.2, 0.25) is 5.91 Å². The number of H-pyrrole nitrogens is 1. The van der Waals surface area contributed by atoms with Crippen LogP contribution >= 0.6 is 0 Å². The Morgan fingerprint density at radius 1 is 1.11 bits per heavy atom. The van der Waals surface area contributed by atoms with E-state index in [2.05, 4.69) is 39.1 Å². The fourth-order valence-corrected chi connectivity index (χ4v) is 4.57. The molecule has 0 spiro atoms. The van der Waals surface area contributed by atoms with Crippen molar-refractivity contribution in [3.63, 3.8) is 0 Å². The van der Waals surface area contributed by atoms with Crippen LogP contribution in [-0.4, -0.2) is 40.4 Å². The van der Waals surface area contributed by atoms with Gasteiger partial charge in [0.1, 0.15) is 5.82 Å². The van der Waals surface area contributed by atoms with Gasteiger partial charge in [0.05, 0.1) is 12.5 Å². The van der Waals surface area contributed by atoms with Crippen molar-refractivity contribution in [3.05, 3.63) is 59.9 Å². The highest BCUT2D eigenvalue weighted by Crippen LogP contribution is 2.29. The van der Waals surface area contributed by atoms with E-state index in [4.69, 9.17) is 0 Å². The van der Waals surface area contributed by atoms with Crippen LogP contribution in [0.1, 0.15) is 24.1 Å². The van der Waals surface area contributed by atoms with Crippen molar-refractivity contribution in [2.45, 2.75) is 25.8 Å². The summed E-state index contributed by atoms with van der Waals surface area (Å²) >= 11 is 0. The van der Waals surface area contributed by atoms with Crippen LogP contribution in [-0.2, 0) is 17.8 Å². The first-order valence-electron chi connectivity index (χ1n) is 9.83. The Kier molecular flexibility index (Phi) is 4.07. The third kappa shape index (κ3) is 2.97. The maximum Gasteiger partial charge on any atom is 0.227 e. The summed E-state index contributed by atoms with van der Waals surface area (Å²) in [5.41, 5.74) is 3.76. The Balaban J connectivity index is 1.32. The molecule has 5 heteroatoms. The lowest BCUT2D eigenvalue weighted by Crippen LogP contribution is -2.46. The lowest BCUT2D eigenvalue weighted by atomic mass is 9.95. The van der Waals surface area contributed by atoms with Gasteiger partial charge in [-0.25, -0.2) is 4.98 Å². The molecular weight excluding hydrogens is 336 g/mol. The molecule has 2 aliphatic heterocycles. The van der Waals surface area contributed by atoms with Crippen molar-refractivity contribution in [1.29, 1.82) is 0 Å². The number of piperidine rings is 1. The van der Waals surface area contributed by atoms with E-state index in [9.17, 15) is 4.79 Å². The first-order chi connectivity index (χ1) is 13.3. The van der Waals surface area contributed by atoms with Crippen molar-refractivity contribution in [2.24, 2.45) is 5.92 Å². The van der Waals surface area contributed by atoms with Gasteiger partial charge in [0.15, 0.2) is 0 Å². The Bertz CT molecular complexity index is 965. The molecule has 2 aliphatic rings.